The van der Waals surface area contributed by atoms with Crippen LogP contribution in [0.3, 0.4) is 0 Å². The van der Waals surface area contributed by atoms with Gasteiger partial charge < -0.3 is 4.90 Å². The van der Waals surface area contributed by atoms with Crippen molar-refractivity contribution in [2.75, 3.05) is 20.1 Å². The molecule has 0 N–H and O–H groups in total. The van der Waals surface area contributed by atoms with Crippen LogP contribution in [0.25, 0.3) is 16.5 Å². The molecule has 0 saturated carbocycles. The van der Waals surface area contributed by atoms with E-state index in [4.69, 9.17) is 4.98 Å². The molecular formula is C21H22N4O. The first-order chi connectivity index (χ1) is 12.6. The average molecular weight is 346 g/mol. The molecule has 0 bridgehead atoms. The summed E-state index contributed by atoms with van der Waals surface area (Å²) < 4.78 is 1.85. The molecule has 0 radical (unpaired) electrons. The zero-order valence-corrected chi connectivity index (χ0v) is 14.9. The van der Waals surface area contributed by atoms with Gasteiger partial charge in [0, 0.05) is 30.1 Å². The number of hydrogen-bond donors (Lipinski definition) is 0. The van der Waals surface area contributed by atoms with Crippen molar-refractivity contribution < 1.29 is 0 Å². The highest BCUT2D eigenvalue weighted by Crippen LogP contribution is 2.26. The quantitative estimate of drug-likeness (QED) is 0.731. The molecular weight excluding hydrogens is 324 g/mol. The summed E-state index contributed by atoms with van der Waals surface area (Å²) in [5, 5.41) is 0.656. The van der Waals surface area contributed by atoms with Crippen molar-refractivity contribution in [1.82, 2.24) is 19.4 Å². The summed E-state index contributed by atoms with van der Waals surface area (Å²) in [5.41, 5.74) is 2.33. The van der Waals surface area contributed by atoms with Crippen molar-refractivity contribution in [2.45, 2.75) is 18.9 Å². The van der Waals surface area contributed by atoms with Crippen molar-refractivity contribution in [3.8, 4) is 0 Å². The number of benzene rings is 1. The van der Waals surface area contributed by atoms with E-state index in [2.05, 4.69) is 23.5 Å². The maximum Gasteiger partial charge on any atom is 0.261 e. The van der Waals surface area contributed by atoms with Gasteiger partial charge in [-0.3, -0.25) is 14.3 Å². The smallest absolute Gasteiger partial charge is 0.261 e. The SMILES string of the molecule is C=C(c1cccnc1)c1nc2ccccc2c(=O)n1[C@@H]1CCCN(C)C1. The van der Waals surface area contributed by atoms with Crippen LogP contribution >= 0.6 is 0 Å². The Hall–Kier alpha value is -2.79. The van der Waals surface area contributed by atoms with E-state index in [1.54, 1.807) is 12.4 Å². The molecule has 26 heavy (non-hydrogen) atoms. The molecule has 1 aliphatic heterocycles. The standard InChI is InChI=1S/C21H22N4O/c1-15(16-7-5-11-22-13-16)20-23-19-10-4-3-9-18(19)21(26)25(20)17-8-6-12-24(2)14-17/h3-5,7,9-11,13,17H,1,6,8,12,14H2,2H3/t17-/m1/s1. The predicted molar refractivity (Wildman–Crippen MR) is 104 cm³/mol. The average Bonchev–Trinajstić information content (AvgIpc) is 2.68. The van der Waals surface area contributed by atoms with Crippen LogP contribution in [-0.2, 0) is 0 Å². The number of pyridine rings is 1. The first-order valence-electron chi connectivity index (χ1n) is 8.94. The number of para-hydroxylation sites is 1. The van der Waals surface area contributed by atoms with Gasteiger partial charge in [0.25, 0.3) is 5.56 Å². The van der Waals surface area contributed by atoms with Crippen molar-refractivity contribution in [3.05, 3.63) is 77.1 Å². The summed E-state index contributed by atoms with van der Waals surface area (Å²) >= 11 is 0. The Morgan fingerprint density at radius 1 is 1.23 bits per heavy atom. The van der Waals surface area contributed by atoms with E-state index in [1.165, 1.54) is 0 Å². The molecule has 0 aliphatic carbocycles. The van der Waals surface area contributed by atoms with Gasteiger partial charge in [-0.05, 0) is 44.6 Å². The lowest BCUT2D eigenvalue weighted by atomic mass is 10.0. The maximum absolute atomic E-state index is 13.3. The topological polar surface area (TPSA) is 51.0 Å². The van der Waals surface area contributed by atoms with E-state index in [0.717, 1.165) is 37.1 Å². The summed E-state index contributed by atoms with van der Waals surface area (Å²) in [4.78, 5) is 24.6. The molecule has 0 spiro atoms. The van der Waals surface area contributed by atoms with E-state index in [9.17, 15) is 4.79 Å². The third-order valence-electron chi connectivity index (χ3n) is 5.05. The number of hydrogen-bond acceptors (Lipinski definition) is 4. The molecule has 1 fully saturated rings. The van der Waals surface area contributed by atoms with E-state index < -0.39 is 0 Å². The number of aromatic nitrogens is 3. The Morgan fingerprint density at radius 2 is 2.08 bits per heavy atom. The second-order valence-corrected chi connectivity index (χ2v) is 6.91. The summed E-state index contributed by atoms with van der Waals surface area (Å²) in [6.45, 7) is 6.14. The molecule has 1 aromatic carbocycles. The number of piperidine rings is 1. The molecule has 0 unspecified atom stereocenters. The molecule has 3 aromatic rings. The molecule has 1 atom stereocenters. The van der Waals surface area contributed by atoms with Gasteiger partial charge in [0.1, 0.15) is 5.82 Å². The number of likely N-dealkylation sites (tertiary alicyclic amines) is 1. The Kier molecular flexibility index (Phi) is 4.39. The summed E-state index contributed by atoms with van der Waals surface area (Å²) in [6.07, 6.45) is 5.53. The normalized spacial score (nSPS) is 18.1. The Balaban J connectivity index is 1.94. The predicted octanol–water partition coefficient (Wildman–Crippen LogP) is 3.12. The molecule has 5 nitrogen and oxygen atoms in total. The van der Waals surface area contributed by atoms with Crippen LogP contribution in [-0.4, -0.2) is 39.6 Å². The van der Waals surface area contributed by atoms with E-state index >= 15 is 0 Å². The lowest BCUT2D eigenvalue weighted by Crippen LogP contribution is -2.39. The Labute approximate surface area is 152 Å². The fraction of sp³-hybridized carbons (Fsp3) is 0.286. The fourth-order valence-corrected chi connectivity index (χ4v) is 3.72. The van der Waals surface area contributed by atoms with Gasteiger partial charge >= 0.3 is 0 Å². The molecule has 132 valence electrons. The van der Waals surface area contributed by atoms with Crippen molar-refractivity contribution in [3.63, 3.8) is 0 Å². The van der Waals surface area contributed by atoms with Gasteiger partial charge in [-0.1, -0.05) is 24.8 Å². The third kappa shape index (κ3) is 2.95. The highest BCUT2D eigenvalue weighted by atomic mass is 16.1. The van der Waals surface area contributed by atoms with E-state index in [-0.39, 0.29) is 11.6 Å². The Morgan fingerprint density at radius 3 is 2.85 bits per heavy atom. The van der Waals surface area contributed by atoms with Crippen LogP contribution in [0.2, 0.25) is 0 Å². The molecule has 0 amide bonds. The van der Waals surface area contributed by atoms with Gasteiger partial charge in [-0.25, -0.2) is 4.98 Å². The van der Waals surface area contributed by atoms with Crippen molar-refractivity contribution in [1.29, 1.82) is 0 Å². The highest BCUT2D eigenvalue weighted by Gasteiger charge is 2.25. The first-order valence-corrected chi connectivity index (χ1v) is 8.94. The molecule has 3 heterocycles. The number of fused-ring (bicyclic) bond motifs is 1. The second-order valence-electron chi connectivity index (χ2n) is 6.91. The van der Waals surface area contributed by atoms with Crippen molar-refractivity contribution in [2.24, 2.45) is 0 Å². The van der Waals surface area contributed by atoms with Crippen LogP contribution < -0.4 is 5.56 Å². The van der Waals surface area contributed by atoms with Crippen LogP contribution in [0.5, 0.6) is 0 Å². The second kappa shape index (κ2) is 6.84. The first kappa shape index (κ1) is 16.7. The van der Waals surface area contributed by atoms with E-state index in [1.807, 2.05) is 41.0 Å². The summed E-state index contributed by atoms with van der Waals surface area (Å²) in [6, 6.07) is 11.5. The zero-order valence-electron chi connectivity index (χ0n) is 14.9. The Bertz CT molecular complexity index is 1010. The van der Waals surface area contributed by atoms with Gasteiger partial charge in [0.2, 0.25) is 0 Å². The minimum absolute atomic E-state index is 0.0101. The van der Waals surface area contributed by atoms with Gasteiger partial charge in [0.05, 0.1) is 16.9 Å². The lowest BCUT2D eigenvalue weighted by molar-refractivity contribution is 0.208. The summed E-state index contributed by atoms with van der Waals surface area (Å²) in [5.74, 6) is 0.641. The largest absolute Gasteiger partial charge is 0.304 e. The molecule has 4 rings (SSSR count). The number of likely N-dealkylation sites (N-methyl/N-ethyl adjacent to an activating group) is 1. The van der Waals surface area contributed by atoms with E-state index in [0.29, 0.717) is 16.7 Å². The minimum atomic E-state index is 0.0101. The minimum Gasteiger partial charge on any atom is -0.304 e. The molecule has 2 aromatic heterocycles. The zero-order chi connectivity index (χ0) is 18.1. The molecule has 1 aliphatic rings. The molecule has 1 saturated heterocycles. The molecule has 5 heteroatoms. The lowest BCUT2D eigenvalue weighted by Gasteiger charge is -2.32. The number of rotatable bonds is 3. The van der Waals surface area contributed by atoms with Gasteiger partial charge in [-0.15, -0.1) is 0 Å². The summed E-state index contributed by atoms with van der Waals surface area (Å²) in [7, 11) is 2.10. The van der Waals surface area contributed by atoms with Crippen LogP contribution in [0.1, 0.15) is 30.3 Å². The van der Waals surface area contributed by atoms with Crippen LogP contribution in [0, 0.1) is 0 Å². The highest BCUT2D eigenvalue weighted by molar-refractivity contribution is 5.81. The van der Waals surface area contributed by atoms with Crippen molar-refractivity contribution >= 4 is 16.5 Å². The fourth-order valence-electron chi connectivity index (χ4n) is 3.72. The maximum atomic E-state index is 13.3. The van der Waals surface area contributed by atoms with Gasteiger partial charge in [-0.2, -0.15) is 0 Å². The van der Waals surface area contributed by atoms with Crippen LogP contribution in [0.4, 0.5) is 0 Å². The van der Waals surface area contributed by atoms with Crippen LogP contribution in [0.15, 0.2) is 60.2 Å². The number of nitrogens with zero attached hydrogens (tertiary/aromatic N) is 4. The monoisotopic (exact) mass is 346 g/mol. The third-order valence-corrected chi connectivity index (χ3v) is 5.05. The van der Waals surface area contributed by atoms with Gasteiger partial charge in [0.15, 0.2) is 0 Å².